The lowest BCUT2D eigenvalue weighted by Gasteiger charge is -2.14. The van der Waals surface area contributed by atoms with Crippen LogP contribution in [0.1, 0.15) is 20.7 Å². The van der Waals surface area contributed by atoms with Gasteiger partial charge >= 0.3 is 0 Å². The van der Waals surface area contributed by atoms with Crippen molar-refractivity contribution in [2.45, 2.75) is 0 Å². The fraction of sp³-hybridized carbons (Fsp3) is 0.222. The first-order valence-electron chi connectivity index (χ1n) is 7.45. The fourth-order valence-electron chi connectivity index (χ4n) is 2.20. The van der Waals surface area contributed by atoms with Gasteiger partial charge in [0.2, 0.25) is 0 Å². The van der Waals surface area contributed by atoms with Crippen LogP contribution in [-0.4, -0.2) is 40.1 Å². The van der Waals surface area contributed by atoms with Gasteiger partial charge in [0.15, 0.2) is 0 Å². The molecule has 6 nitrogen and oxygen atoms in total. The zero-order valence-electron chi connectivity index (χ0n) is 14.2. The van der Waals surface area contributed by atoms with E-state index in [1.54, 1.807) is 37.4 Å². The zero-order valence-corrected chi connectivity index (χ0v) is 14.2. The van der Waals surface area contributed by atoms with Crippen molar-refractivity contribution in [3.8, 4) is 5.75 Å². The van der Waals surface area contributed by atoms with E-state index in [9.17, 15) is 9.59 Å². The highest BCUT2D eigenvalue weighted by Gasteiger charge is 2.13. The van der Waals surface area contributed by atoms with E-state index in [0.29, 0.717) is 22.6 Å². The van der Waals surface area contributed by atoms with Crippen molar-refractivity contribution in [3.63, 3.8) is 0 Å². The predicted molar refractivity (Wildman–Crippen MR) is 95.1 cm³/mol. The number of carbonyl (C=O) groups is 2. The number of methoxy groups -OCH3 is 1. The maximum absolute atomic E-state index is 12.5. The van der Waals surface area contributed by atoms with E-state index in [1.807, 2.05) is 31.1 Å². The Morgan fingerprint density at radius 1 is 1.00 bits per heavy atom. The standard InChI is InChI=1S/C18H21N3O3/c1-19-17(22)13-8-9-15(16(11-13)24-4)20-18(23)12-6-5-7-14(10-12)21(2)3/h5-11H,1-4H3,(H,19,22)(H,20,23). The molecular weight excluding hydrogens is 306 g/mol. The molecule has 0 aliphatic carbocycles. The molecule has 24 heavy (non-hydrogen) atoms. The molecule has 0 aromatic heterocycles. The van der Waals surface area contributed by atoms with E-state index in [-0.39, 0.29) is 11.8 Å². The minimum absolute atomic E-state index is 0.218. The minimum atomic E-state index is -0.246. The first-order valence-corrected chi connectivity index (χ1v) is 7.45. The summed E-state index contributed by atoms with van der Waals surface area (Å²) in [6.07, 6.45) is 0. The first kappa shape index (κ1) is 17.3. The Balaban J connectivity index is 2.25. The summed E-state index contributed by atoms with van der Waals surface area (Å²) in [6, 6.07) is 12.2. The SMILES string of the molecule is CNC(=O)c1ccc(NC(=O)c2cccc(N(C)C)c2)c(OC)c1. The monoisotopic (exact) mass is 327 g/mol. The Morgan fingerprint density at radius 2 is 1.71 bits per heavy atom. The van der Waals surface area contributed by atoms with Crippen molar-refractivity contribution in [1.82, 2.24) is 5.32 Å². The maximum atomic E-state index is 12.5. The Bertz CT molecular complexity index is 757. The van der Waals surface area contributed by atoms with Gasteiger partial charge in [-0.15, -0.1) is 0 Å². The van der Waals surface area contributed by atoms with Gasteiger partial charge in [0.05, 0.1) is 12.8 Å². The lowest BCUT2D eigenvalue weighted by atomic mass is 10.1. The normalized spacial score (nSPS) is 10.0. The van der Waals surface area contributed by atoms with E-state index >= 15 is 0 Å². The summed E-state index contributed by atoms with van der Waals surface area (Å²) in [5.41, 5.74) is 2.44. The Morgan fingerprint density at radius 3 is 2.33 bits per heavy atom. The van der Waals surface area contributed by atoms with Crippen molar-refractivity contribution in [2.24, 2.45) is 0 Å². The molecule has 0 heterocycles. The quantitative estimate of drug-likeness (QED) is 0.884. The molecule has 0 fully saturated rings. The summed E-state index contributed by atoms with van der Waals surface area (Å²) in [5, 5.41) is 5.36. The molecule has 0 spiro atoms. The van der Waals surface area contributed by atoms with Crippen molar-refractivity contribution in [1.29, 1.82) is 0 Å². The number of carbonyl (C=O) groups excluding carboxylic acids is 2. The molecule has 2 N–H and O–H groups in total. The van der Waals surface area contributed by atoms with Gasteiger partial charge in [0.25, 0.3) is 11.8 Å². The second-order valence-corrected chi connectivity index (χ2v) is 5.39. The van der Waals surface area contributed by atoms with E-state index < -0.39 is 0 Å². The maximum Gasteiger partial charge on any atom is 0.255 e. The van der Waals surface area contributed by atoms with Gasteiger partial charge in [-0.25, -0.2) is 0 Å². The van der Waals surface area contributed by atoms with Crippen LogP contribution in [0.4, 0.5) is 11.4 Å². The van der Waals surface area contributed by atoms with Gasteiger partial charge < -0.3 is 20.3 Å². The van der Waals surface area contributed by atoms with E-state index in [1.165, 1.54) is 7.11 Å². The van der Waals surface area contributed by atoms with Crippen LogP contribution in [0, 0.1) is 0 Å². The number of nitrogens with one attached hydrogen (secondary N) is 2. The number of hydrogen-bond acceptors (Lipinski definition) is 4. The van der Waals surface area contributed by atoms with Crippen molar-refractivity contribution >= 4 is 23.2 Å². The number of nitrogens with zero attached hydrogens (tertiary/aromatic N) is 1. The molecule has 0 atom stereocenters. The number of hydrogen-bond donors (Lipinski definition) is 2. The highest BCUT2D eigenvalue weighted by molar-refractivity contribution is 6.06. The molecule has 2 aromatic rings. The molecule has 0 radical (unpaired) electrons. The molecule has 0 aliphatic heterocycles. The lowest BCUT2D eigenvalue weighted by Crippen LogP contribution is -2.18. The third kappa shape index (κ3) is 3.84. The minimum Gasteiger partial charge on any atom is -0.495 e. The number of rotatable bonds is 5. The molecule has 0 saturated carbocycles. The summed E-state index contributed by atoms with van der Waals surface area (Å²) < 4.78 is 5.28. The number of ether oxygens (including phenoxy) is 1. The average molecular weight is 327 g/mol. The van der Waals surface area contributed by atoms with Gasteiger partial charge in [-0.3, -0.25) is 9.59 Å². The fourth-order valence-corrected chi connectivity index (χ4v) is 2.20. The molecule has 2 aromatic carbocycles. The second kappa shape index (κ2) is 7.50. The highest BCUT2D eigenvalue weighted by Crippen LogP contribution is 2.26. The van der Waals surface area contributed by atoms with Gasteiger partial charge in [-0.05, 0) is 36.4 Å². The number of anilines is 2. The van der Waals surface area contributed by atoms with Crippen LogP contribution in [0.3, 0.4) is 0 Å². The molecule has 2 rings (SSSR count). The van der Waals surface area contributed by atoms with Crippen LogP contribution in [0.25, 0.3) is 0 Å². The van der Waals surface area contributed by atoms with Crippen LogP contribution in [0.5, 0.6) is 5.75 Å². The molecule has 0 unspecified atom stereocenters. The van der Waals surface area contributed by atoms with Crippen molar-refractivity contribution in [2.75, 3.05) is 38.5 Å². The summed E-state index contributed by atoms with van der Waals surface area (Å²) in [5.74, 6) is -0.0391. The van der Waals surface area contributed by atoms with Crippen LogP contribution in [0.2, 0.25) is 0 Å². The summed E-state index contributed by atoms with van der Waals surface area (Å²) in [7, 11) is 6.88. The third-order valence-electron chi connectivity index (χ3n) is 3.56. The second-order valence-electron chi connectivity index (χ2n) is 5.39. The van der Waals surface area contributed by atoms with Crippen LogP contribution in [0.15, 0.2) is 42.5 Å². The lowest BCUT2D eigenvalue weighted by molar-refractivity contribution is 0.0962. The summed E-state index contributed by atoms with van der Waals surface area (Å²) in [6.45, 7) is 0. The smallest absolute Gasteiger partial charge is 0.255 e. The molecule has 126 valence electrons. The molecular formula is C18H21N3O3. The van der Waals surface area contributed by atoms with E-state index in [2.05, 4.69) is 10.6 Å². The summed E-state index contributed by atoms with van der Waals surface area (Å²) in [4.78, 5) is 26.1. The number of benzene rings is 2. The van der Waals surface area contributed by atoms with Crippen molar-refractivity contribution < 1.29 is 14.3 Å². The zero-order chi connectivity index (χ0) is 17.7. The van der Waals surface area contributed by atoms with Crippen LogP contribution >= 0.6 is 0 Å². The Labute approximate surface area is 141 Å². The highest BCUT2D eigenvalue weighted by atomic mass is 16.5. The Hall–Kier alpha value is -3.02. The first-order chi connectivity index (χ1) is 11.5. The predicted octanol–water partition coefficient (Wildman–Crippen LogP) is 2.37. The van der Waals surface area contributed by atoms with Crippen molar-refractivity contribution in [3.05, 3.63) is 53.6 Å². The number of amides is 2. The van der Waals surface area contributed by atoms with Gasteiger partial charge in [0.1, 0.15) is 5.75 Å². The molecule has 2 amide bonds. The largest absolute Gasteiger partial charge is 0.495 e. The molecule has 6 heteroatoms. The third-order valence-corrected chi connectivity index (χ3v) is 3.56. The van der Waals surface area contributed by atoms with E-state index in [0.717, 1.165) is 5.69 Å². The summed E-state index contributed by atoms with van der Waals surface area (Å²) >= 11 is 0. The molecule has 0 saturated heterocycles. The average Bonchev–Trinajstić information content (AvgIpc) is 2.61. The van der Waals surface area contributed by atoms with Crippen LogP contribution < -0.4 is 20.3 Å². The van der Waals surface area contributed by atoms with Gasteiger partial charge in [-0.2, -0.15) is 0 Å². The van der Waals surface area contributed by atoms with Gasteiger partial charge in [-0.1, -0.05) is 6.07 Å². The van der Waals surface area contributed by atoms with E-state index in [4.69, 9.17) is 4.74 Å². The molecule has 0 aliphatic rings. The van der Waals surface area contributed by atoms with Gasteiger partial charge in [0, 0.05) is 38.0 Å². The molecule has 0 bridgehead atoms. The van der Waals surface area contributed by atoms with Crippen LogP contribution in [-0.2, 0) is 0 Å². The Kier molecular flexibility index (Phi) is 5.42. The topological polar surface area (TPSA) is 70.7 Å².